The molecule has 7 nitrogen and oxygen atoms in total. The van der Waals surface area contributed by atoms with Crippen LogP contribution in [0.3, 0.4) is 0 Å². The van der Waals surface area contributed by atoms with Crippen molar-refractivity contribution < 1.29 is 14.0 Å². The van der Waals surface area contributed by atoms with Gasteiger partial charge in [-0.25, -0.2) is 14.4 Å². The van der Waals surface area contributed by atoms with Crippen molar-refractivity contribution in [2.24, 2.45) is 17.8 Å². The first kappa shape index (κ1) is 23.8. The van der Waals surface area contributed by atoms with Crippen molar-refractivity contribution in [3.05, 3.63) is 47.0 Å². The zero-order valence-corrected chi connectivity index (χ0v) is 20.9. The third-order valence-electron chi connectivity index (χ3n) is 7.28. The van der Waals surface area contributed by atoms with E-state index in [1.807, 2.05) is 18.4 Å². The van der Waals surface area contributed by atoms with E-state index in [1.165, 1.54) is 17.4 Å². The Labute approximate surface area is 208 Å². The standard InChI is InChI=1S/C26H30FN5O2S/c1-15-3-5-18(6-4-15)22(33)9-17-13-32(14-17)25(34)23-24-21(7-8-35-24)30-26(31-23)29-16(2)19-10-20(27)12-28-11-19/h7-8,10-12,15-18H,3-6,9,13-14H2,1-2H3,(H,29,30,31)/t15?,16-,18?/m0/s1. The van der Waals surface area contributed by atoms with Gasteiger partial charge in [0.1, 0.15) is 11.6 Å². The number of nitrogens with zero attached hydrogens (tertiary/aromatic N) is 4. The van der Waals surface area contributed by atoms with Crippen LogP contribution in [0, 0.1) is 23.6 Å². The molecule has 184 valence electrons. The maximum atomic E-state index is 13.6. The van der Waals surface area contributed by atoms with Gasteiger partial charge in [-0.2, -0.15) is 0 Å². The Morgan fingerprint density at radius 2 is 1.97 bits per heavy atom. The summed E-state index contributed by atoms with van der Waals surface area (Å²) >= 11 is 1.44. The van der Waals surface area contributed by atoms with Gasteiger partial charge in [-0.15, -0.1) is 11.3 Å². The Morgan fingerprint density at radius 3 is 2.71 bits per heavy atom. The summed E-state index contributed by atoms with van der Waals surface area (Å²) < 4.78 is 14.3. The van der Waals surface area contributed by atoms with Crippen molar-refractivity contribution in [1.82, 2.24) is 19.9 Å². The third-order valence-corrected chi connectivity index (χ3v) is 8.19. The van der Waals surface area contributed by atoms with Crippen molar-refractivity contribution in [3.8, 4) is 0 Å². The predicted molar refractivity (Wildman–Crippen MR) is 134 cm³/mol. The maximum absolute atomic E-state index is 13.6. The van der Waals surface area contributed by atoms with Crippen molar-refractivity contribution in [1.29, 1.82) is 0 Å². The number of aromatic nitrogens is 3. The van der Waals surface area contributed by atoms with Gasteiger partial charge in [0, 0.05) is 37.5 Å². The second kappa shape index (κ2) is 9.97. The molecule has 1 saturated heterocycles. The molecule has 2 fully saturated rings. The van der Waals surface area contributed by atoms with Crippen molar-refractivity contribution in [2.45, 2.75) is 52.0 Å². The fourth-order valence-corrected chi connectivity index (χ4v) is 5.87. The topological polar surface area (TPSA) is 88.1 Å². The number of likely N-dealkylation sites (tertiary alicyclic amines) is 1. The fourth-order valence-electron chi connectivity index (χ4n) is 5.06. The van der Waals surface area contributed by atoms with Crippen molar-refractivity contribution in [2.75, 3.05) is 18.4 Å². The Morgan fingerprint density at radius 1 is 1.20 bits per heavy atom. The molecule has 0 spiro atoms. The van der Waals surface area contributed by atoms with E-state index in [9.17, 15) is 14.0 Å². The molecule has 3 aromatic heterocycles. The molecule has 1 amide bonds. The van der Waals surface area contributed by atoms with E-state index in [2.05, 4.69) is 27.2 Å². The van der Waals surface area contributed by atoms with Gasteiger partial charge in [-0.05, 0) is 48.8 Å². The summed E-state index contributed by atoms with van der Waals surface area (Å²) in [6.45, 7) is 5.29. The van der Waals surface area contributed by atoms with E-state index in [1.54, 1.807) is 11.1 Å². The van der Waals surface area contributed by atoms with Crippen LogP contribution in [0.5, 0.6) is 0 Å². The molecule has 5 rings (SSSR count). The Bertz CT molecular complexity index is 1230. The lowest BCUT2D eigenvalue weighted by molar-refractivity contribution is -0.126. The number of hydrogen-bond donors (Lipinski definition) is 1. The Balaban J connectivity index is 1.24. The molecule has 1 saturated carbocycles. The molecule has 2 aliphatic rings. The lowest BCUT2D eigenvalue weighted by Crippen LogP contribution is -2.51. The number of anilines is 1. The summed E-state index contributed by atoms with van der Waals surface area (Å²) in [7, 11) is 0. The third kappa shape index (κ3) is 5.19. The summed E-state index contributed by atoms with van der Waals surface area (Å²) in [5, 5.41) is 5.06. The monoisotopic (exact) mass is 495 g/mol. The molecule has 0 unspecified atom stereocenters. The first-order valence-corrected chi connectivity index (χ1v) is 13.2. The van der Waals surface area contributed by atoms with E-state index in [-0.39, 0.29) is 23.8 Å². The quantitative estimate of drug-likeness (QED) is 0.481. The molecule has 4 heterocycles. The van der Waals surface area contributed by atoms with Gasteiger partial charge >= 0.3 is 0 Å². The summed E-state index contributed by atoms with van der Waals surface area (Å²) in [6.07, 6.45) is 7.60. The predicted octanol–water partition coefficient (Wildman–Crippen LogP) is 5.26. The Kier molecular flexibility index (Phi) is 6.77. The average molecular weight is 496 g/mol. The molecule has 1 atom stereocenters. The van der Waals surface area contributed by atoms with Gasteiger partial charge in [-0.1, -0.05) is 19.8 Å². The molecular weight excluding hydrogens is 465 g/mol. The van der Waals surface area contributed by atoms with Crippen LogP contribution in [0.1, 0.15) is 68.0 Å². The number of thiophene rings is 1. The highest BCUT2D eigenvalue weighted by Crippen LogP contribution is 2.33. The summed E-state index contributed by atoms with van der Waals surface area (Å²) in [5.41, 5.74) is 1.72. The average Bonchev–Trinajstić information content (AvgIpc) is 3.29. The maximum Gasteiger partial charge on any atom is 0.274 e. The van der Waals surface area contributed by atoms with Crippen LogP contribution >= 0.6 is 11.3 Å². The van der Waals surface area contributed by atoms with Gasteiger partial charge in [-0.3, -0.25) is 14.6 Å². The number of pyridine rings is 1. The van der Waals surface area contributed by atoms with Crippen LogP contribution in [0.2, 0.25) is 0 Å². The first-order valence-electron chi connectivity index (χ1n) is 12.3. The number of amides is 1. The minimum absolute atomic E-state index is 0.141. The molecular formula is C26H30FN5O2S. The zero-order chi connectivity index (χ0) is 24.5. The van der Waals surface area contributed by atoms with Gasteiger partial charge in [0.05, 0.1) is 22.5 Å². The largest absolute Gasteiger partial charge is 0.348 e. The van der Waals surface area contributed by atoms with Crippen molar-refractivity contribution in [3.63, 3.8) is 0 Å². The van der Waals surface area contributed by atoms with E-state index < -0.39 is 5.82 Å². The second-order valence-electron chi connectivity index (χ2n) is 10.0. The summed E-state index contributed by atoms with van der Waals surface area (Å²) in [6, 6.07) is 2.98. The second-order valence-corrected chi connectivity index (χ2v) is 11.0. The summed E-state index contributed by atoms with van der Waals surface area (Å²) in [4.78, 5) is 40.8. The zero-order valence-electron chi connectivity index (χ0n) is 20.0. The molecule has 1 aliphatic carbocycles. The van der Waals surface area contributed by atoms with Gasteiger partial charge < -0.3 is 10.2 Å². The highest BCUT2D eigenvalue weighted by Gasteiger charge is 2.36. The Hall–Kier alpha value is -2.94. The molecule has 1 N–H and O–H groups in total. The van der Waals surface area contributed by atoms with E-state index >= 15 is 0 Å². The molecule has 3 aromatic rings. The smallest absolute Gasteiger partial charge is 0.274 e. The van der Waals surface area contributed by atoms with Crippen LogP contribution < -0.4 is 5.32 Å². The number of hydrogen-bond acceptors (Lipinski definition) is 7. The van der Waals surface area contributed by atoms with Crippen LogP contribution in [-0.2, 0) is 4.79 Å². The molecule has 1 aliphatic heterocycles. The van der Waals surface area contributed by atoms with Crippen LogP contribution in [-0.4, -0.2) is 44.6 Å². The molecule has 0 aromatic carbocycles. The number of Topliss-reactive ketones (excluding diaryl/α,β-unsaturated/α-hetero) is 1. The first-order chi connectivity index (χ1) is 16.9. The lowest BCUT2D eigenvalue weighted by Gasteiger charge is -2.39. The molecule has 35 heavy (non-hydrogen) atoms. The highest BCUT2D eigenvalue weighted by atomic mass is 32.1. The number of carbonyl (C=O) groups is 2. The number of fused-ring (bicyclic) bond motifs is 1. The molecule has 9 heteroatoms. The van der Waals surface area contributed by atoms with E-state index in [4.69, 9.17) is 0 Å². The van der Waals surface area contributed by atoms with Gasteiger partial charge in [0.25, 0.3) is 5.91 Å². The molecule has 0 radical (unpaired) electrons. The normalized spacial score (nSPS) is 21.5. The number of nitrogens with one attached hydrogen (secondary N) is 1. The van der Waals surface area contributed by atoms with Gasteiger partial charge in [0.2, 0.25) is 5.95 Å². The number of rotatable bonds is 7. The van der Waals surface area contributed by atoms with E-state index in [0.29, 0.717) is 48.0 Å². The lowest BCUT2D eigenvalue weighted by atomic mass is 9.78. The molecule has 0 bridgehead atoms. The number of carbonyl (C=O) groups excluding carboxylic acids is 2. The fraction of sp³-hybridized carbons (Fsp3) is 0.500. The number of halogens is 1. The van der Waals surface area contributed by atoms with Crippen LogP contribution in [0.25, 0.3) is 10.2 Å². The minimum Gasteiger partial charge on any atom is -0.348 e. The SMILES string of the molecule is CC1CCC(C(=O)CC2CN(C(=O)c3nc(N[C@@H](C)c4cncc(F)c4)nc4ccsc34)C2)CC1. The van der Waals surface area contributed by atoms with Crippen LogP contribution in [0.4, 0.5) is 10.3 Å². The number of ketones is 1. The van der Waals surface area contributed by atoms with Crippen molar-refractivity contribution >= 4 is 39.2 Å². The van der Waals surface area contributed by atoms with Crippen LogP contribution in [0.15, 0.2) is 29.9 Å². The summed E-state index contributed by atoms with van der Waals surface area (Å²) in [5.74, 6) is 1.28. The minimum atomic E-state index is -0.412. The van der Waals surface area contributed by atoms with Gasteiger partial charge in [0.15, 0.2) is 5.69 Å². The van der Waals surface area contributed by atoms with E-state index in [0.717, 1.165) is 42.5 Å². The highest BCUT2D eigenvalue weighted by molar-refractivity contribution is 7.17.